The molecule has 2 aliphatic rings. The number of hydrogen-bond acceptors (Lipinski definition) is 5. The second kappa shape index (κ2) is 5.75. The highest BCUT2D eigenvalue weighted by Gasteiger charge is 2.36. The SMILES string of the molecule is CC1(C)CN(CC2CCC(C(=O)O)O2)CC(CO)O1. The van der Waals surface area contributed by atoms with Crippen molar-refractivity contribution >= 4 is 5.97 Å². The fraction of sp³-hybridized carbons (Fsp3) is 0.923. The Bertz CT molecular complexity index is 333. The predicted molar refractivity (Wildman–Crippen MR) is 68.0 cm³/mol. The summed E-state index contributed by atoms with van der Waals surface area (Å²) in [5.74, 6) is -0.877. The topological polar surface area (TPSA) is 79.2 Å². The first-order chi connectivity index (χ1) is 8.89. The largest absolute Gasteiger partial charge is 0.479 e. The maximum Gasteiger partial charge on any atom is 0.332 e. The molecule has 2 N–H and O–H groups in total. The number of hydrogen-bond donors (Lipinski definition) is 2. The smallest absolute Gasteiger partial charge is 0.332 e. The highest BCUT2D eigenvalue weighted by atomic mass is 16.5. The summed E-state index contributed by atoms with van der Waals surface area (Å²) < 4.78 is 11.3. The summed E-state index contributed by atoms with van der Waals surface area (Å²) in [4.78, 5) is 13.0. The lowest BCUT2D eigenvalue weighted by Gasteiger charge is -2.43. The molecule has 0 aromatic carbocycles. The van der Waals surface area contributed by atoms with Crippen molar-refractivity contribution in [3.8, 4) is 0 Å². The highest BCUT2D eigenvalue weighted by Crippen LogP contribution is 2.25. The summed E-state index contributed by atoms with van der Waals surface area (Å²) >= 11 is 0. The molecule has 0 bridgehead atoms. The molecule has 2 fully saturated rings. The van der Waals surface area contributed by atoms with Crippen molar-refractivity contribution < 1.29 is 24.5 Å². The number of morpholine rings is 1. The molecule has 2 rings (SSSR count). The molecule has 0 amide bonds. The van der Waals surface area contributed by atoms with Crippen molar-refractivity contribution in [1.82, 2.24) is 4.90 Å². The van der Waals surface area contributed by atoms with Gasteiger partial charge in [0.25, 0.3) is 0 Å². The highest BCUT2D eigenvalue weighted by molar-refractivity contribution is 5.72. The zero-order chi connectivity index (χ0) is 14.0. The number of rotatable bonds is 4. The molecular formula is C13H23NO5. The third-order valence-corrected chi connectivity index (χ3v) is 3.60. The Hall–Kier alpha value is -0.690. The van der Waals surface area contributed by atoms with Crippen LogP contribution in [0, 0.1) is 0 Å². The van der Waals surface area contributed by atoms with Crippen LogP contribution in [0.2, 0.25) is 0 Å². The van der Waals surface area contributed by atoms with E-state index >= 15 is 0 Å². The van der Waals surface area contributed by atoms with Gasteiger partial charge in [0, 0.05) is 19.6 Å². The molecule has 0 saturated carbocycles. The van der Waals surface area contributed by atoms with Crippen molar-refractivity contribution in [3.05, 3.63) is 0 Å². The normalized spacial score (nSPS) is 35.4. The van der Waals surface area contributed by atoms with Gasteiger partial charge in [-0.25, -0.2) is 4.79 Å². The number of aliphatic hydroxyl groups is 1. The maximum absolute atomic E-state index is 10.8. The summed E-state index contributed by atoms with van der Waals surface area (Å²) in [6, 6.07) is 0. The Morgan fingerprint density at radius 1 is 1.37 bits per heavy atom. The van der Waals surface area contributed by atoms with E-state index in [2.05, 4.69) is 4.90 Å². The molecule has 2 heterocycles. The van der Waals surface area contributed by atoms with Crippen LogP contribution in [0.25, 0.3) is 0 Å². The van der Waals surface area contributed by atoms with E-state index in [1.807, 2.05) is 13.8 Å². The Balaban J connectivity index is 1.87. The molecule has 110 valence electrons. The van der Waals surface area contributed by atoms with Crippen LogP contribution in [0.1, 0.15) is 26.7 Å². The summed E-state index contributed by atoms with van der Waals surface area (Å²) in [7, 11) is 0. The number of carboxylic acids is 1. The summed E-state index contributed by atoms with van der Waals surface area (Å²) in [5.41, 5.74) is -0.295. The molecule has 0 spiro atoms. The lowest BCUT2D eigenvalue weighted by molar-refractivity contribution is -0.159. The van der Waals surface area contributed by atoms with Gasteiger partial charge in [-0.3, -0.25) is 4.90 Å². The molecule has 19 heavy (non-hydrogen) atoms. The monoisotopic (exact) mass is 273 g/mol. The summed E-state index contributed by atoms with van der Waals surface area (Å²) in [5, 5.41) is 18.2. The zero-order valence-electron chi connectivity index (χ0n) is 11.5. The van der Waals surface area contributed by atoms with Gasteiger partial charge in [-0.1, -0.05) is 0 Å². The van der Waals surface area contributed by atoms with Crippen LogP contribution in [0.5, 0.6) is 0 Å². The third-order valence-electron chi connectivity index (χ3n) is 3.60. The number of aliphatic hydroxyl groups excluding tert-OH is 1. The lowest BCUT2D eigenvalue weighted by atomic mass is 10.0. The minimum atomic E-state index is -0.877. The van der Waals surface area contributed by atoms with E-state index in [-0.39, 0.29) is 24.4 Å². The molecular weight excluding hydrogens is 250 g/mol. The standard InChI is InChI=1S/C13H23NO5/c1-13(2)8-14(6-10(7-15)19-13)5-9-3-4-11(18-9)12(16)17/h9-11,15H,3-8H2,1-2H3,(H,16,17). The van der Waals surface area contributed by atoms with E-state index in [0.29, 0.717) is 19.5 Å². The van der Waals surface area contributed by atoms with Crippen molar-refractivity contribution in [1.29, 1.82) is 0 Å². The zero-order valence-corrected chi connectivity index (χ0v) is 11.5. The van der Waals surface area contributed by atoms with E-state index in [0.717, 1.165) is 13.0 Å². The lowest BCUT2D eigenvalue weighted by Crippen LogP contribution is -2.55. The van der Waals surface area contributed by atoms with Crippen molar-refractivity contribution in [2.24, 2.45) is 0 Å². The quantitative estimate of drug-likeness (QED) is 0.756. The molecule has 0 aliphatic carbocycles. The molecule has 6 nitrogen and oxygen atoms in total. The molecule has 3 atom stereocenters. The summed E-state index contributed by atoms with van der Waals surface area (Å²) in [6.07, 6.45) is 0.484. The summed E-state index contributed by atoms with van der Waals surface area (Å²) in [6.45, 7) is 6.13. The maximum atomic E-state index is 10.8. The fourth-order valence-electron chi connectivity index (χ4n) is 2.96. The van der Waals surface area contributed by atoms with Crippen LogP contribution >= 0.6 is 0 Å². The molecule has 0 aromatic heterocycles. The van der Waals surface area contributed by atoms with E-state index in [1.165, 1.54) is 0 Å². The van der Waals surface area contributed by atoms with Crippen LogP contribution in [-0.2, 0) is 14.3 Å². The van der Waals surface area contributed by atoms with Crippen LogP contribution in [0.4, 0.5) is 0 Å². The Kier molecular flexibility index (Phi) is 4.45. The average Bonchev–Trinajstić information content (AvgIpc) is 2.75. The molecule has 2 aliphatic heterocycles. The van der Waals surface area contributed by atoms with Gasteiger partial charge in [0.1, 0.15) is 0 Å². The van der Waals surface area contributed by atoms with Gasteiger partial charge in [0.15, 0.2) is 6.10 Å². The molecule has 2 saturated heterocycles. The Morgan fingerprint density at radius 2 is 2.11 bits per heavy atom. The van der Waals surface area contributed by atoms with Crippen LogP contribution in [-0.4, -0.2) is 71.2 Å². The number of nitrogens with zero attached hydrogens (tertiary/aromatic N) is 1. The molecule has 3 unspecified atom stereocenters. The van der Waals surface area contributed by atoms with Gasteiger partial charge in [0.05, 0.1) is 24.4 Å². The second-order valence-electron chi connectivity index (χ2n) is 6.04. The Morgan fingerprint density at radius 3 is 2.68 bits per heavy atom. The van der Waals surface area contributed by atoms with Crippen LogP contribution in [0.3, 0.4) is 0 Å². The van der Waals surface area contributed by atoms with E-state index in [4.69, 9.17) is 14.6 Å². The Labute approximate surface area is 113 Å². The van der Waals surface area contributed by atoms with E-state index in [1.54, 1.807) is 0 Å². The van der Waals surface area contributed by atoms with Gasteiger partial charge < -0.3 is 19.7 Å². The van der Waals surface area contributed by atoms with E-state index in [9.17, 15) is 9.90 Å². The minimum absolute atomic E-state index is 0.00318. The van der Waals surface area contributed by atoms with Gasteiger partial charge in [-0.05, 0) is 26.7 Å². The van der Waals surface area contributed by atoms with E-state index < -0.39 is 12.1 Å². The molecule has 0 radical (unpaired) electrons. The first kappa shape index (κ1) is 14.7. The first-order valence-electron chi connectivity index (χ1n) is 6.79. The molecule has 0 aromatic rings. The number of ether oxygens (including phenoxy) is 2. The van der Waals surface area contributed by atoms with Crippen molar-refractivity contribution in [2.75, 3.05) is 26.2 Å². The predicted octanol–water partition coefficient (Wildman–Crippen LogP) is 0.0903. The van der Waals surface area contributed by atoms with Crippen molar-refractivity contribution in [3.63, 3.8) is 0 Å². The minimum Gasteiger partial charge on any atom is -0.479 e. The number of carboxylic acid groups (broad SMARTS) is 1. The van der Waals surface area contributed by atoms with Crippen LogP contribution < -0.4 is 0 Å². The third kappa shape index (κ3) is 3.89. The van der Waals surface area contributed by atoms with Gasteiger partial charge >= 0.3 is 5.97 Å². The van der Waals surface area contributed by atoms with Gasteiger partial charge in [-0.2, -0.15) is 0 Å². The first-order valence-corrected chi connectivity index (χ1v) is 6.79. The average molecular weight is 273 g/mol. The fourth-order valence-corrected chi connectivity index (χ4v) is 2.96. The molecule has 6 heteroatoms. The number of aliphatic carboxylic acids is 1. The second-order valence-corrected chi connectivity index (χ2v) is 6.04. The van der Waals surface area contributed by atoms with Gasteiger partial charge in [0.2, 0.25) is 0 Å². The van der Waals surface area contributed by atoms with Crippen molar-refractivity contribution in [2.45, 2.75) is 50.6 Å². The van der Waals surface area contributed by atoms with Crippen LogP contribution in [0.15, 0.2) is 0 Å². The number of carbonyl (C=O) groups is 1. The van der Waals surface area contributed by atoms with Gasteiger partial charge in [-0.15, -0.1) is 0 Å².